The van der Waals surface area contributed by atoms with Gasteiger partial charge in [0.05, 0.1) is 5.69 Å². The van der Waals surface area contributed by atoms with Crippen LogP contribution in [0.1, 0.15) is 19.4 Å². The summed E-state index contributed by atoms with van der Waals surface area (Å²) in [6.07, 6.45) is 1.35. The van der Waals surface area contributed by atoms with Crippen LogP contribution in [0.3, 0.4) is 0 Å². The molecule has 0 atom stereocenters. The first-order valence-electron chi connectivity index (χ1n) is 8.31. The molecule has 0 aliphatic carbocycles. The summed E-state index contributed by atoms with van der Waals surface area (Å²) in [6, 6.07) is 5.42. The SMILES string of the molecule is CCN(CC)C(=O)Cn1cnc2c(nnn2-c2ccc(C)c(Cl)c2)c1=O. The van der Waals surface area contributed by atoms with Crippen molar-refractivity contribution in [1.29, 1.82) is 0 Å². The Balaban J connectivity index is 2.00. The van der Waals surface area contributed by atoms with Gasteiger partial charge in [0.25, 0.3) is 5.56 Å². The largest absolute Gasteiger partial charge is 0.342 e. The minimum atomic E-state index is -0.403. The highest BCUT2D eigenvalue weighted by atomic mass is 35.5. The van der Waals surface area contributed by atoms with Crippen molar-refractivity contribution in [3.05, 3.63) is 45.5 Å². The second-order valence-corrected chi connectivity index (χ2v) is 6.26. The smallest absolute Gasteiger partial charge is 0.284 e. The summed E-state index contributed by atoms with van der Waals surface area (Å²) in [5.74, 6) is -0.143. The maximum atomic E-state index is 12.6. The van der Waals surface area contributed by atoms with Crippen LogP contribution in [0.25, 0.3) is 16.9 Å². The van der Waals surface area contributed by atoms with Crippen molar-refractivity contribution >= 4 is 28.7 Å². The van der Waals surface area contributed by atoms with Gasteiger partial charge < -0.3 is 4.90 Å². The summed E-state index contributed by atoms with van der Waals surface area (Å²) in [5.41, 5.74) is 1.62. The van der Waals surface area contributed by atoms with Crippen LogP contribution >= 0.6 is 11.6 Å². The quantitative estimate of drug-likeness (QED) is 0.679. The number of carbonyl (C=O) groups excluding carboxylic acids is 1. The highest BCUT2D eigenvalue weighted by molar-refractivity contribution is 6.31. The molecular weight excluding hydrogens is 356 g/mol. The van der Waals surface area contributed by atoms with Gasteiger partial charge in [0.2, 0.25) is 5.91 Å². The van der Waals surface area contributed by atoms with Crippen LogP contribution in [0.4, 0.5) is 0 Å². The number of fused-ring (bicyclic) bond motifs is 1. The van der Waals surface area contributed by atoms with Crippen LogP contribution < -0.4 is 5.56 Å². The van der Waals surface area contributed by atoms with Crippen molar-refractivity contribution in [1.82, 2.24) is 29.4 Å². The molecule has 3 rings (SSSR count). The fourth-order valence-electron chi connectivity index (χ4n) is 2.67. The van der Waals surface area contributed by atoms with Gasteiger partial charge in [-0.05, 0) is 38.5 Å². The average molecular weight is 375 g/mol. The van der Waals surface area contributed by atoms with Gasteiger partial charge in [0.1, 0.15) is 12.9 Å². The molecule has 0 bridgehead atoms. The summed E-state index contributed by atoms with van der Waals surface area (Å²) in [5, 5.41) is 8.56. The van der Waals surface area contributed by atoms with Gasteiger partial charge in [0, 0.05) is 18.1 Å². The van der Waals surface area contributed by atoms with Crippen LogP contribution in [-0.4, -0.2) is 48.4 Å². The van der Waals surface area contributed by atoms with Gasteiger partial charge in [-0.2, -0.15) is 4.68 Å². The maximum Gasteiger partial charge on any atom is 0.284 e. The zero-order chi connectivity index (χ0) is 18.8. The van der Waals surface area contributed by atoms with E-state index in [9.17, 15) is 9.59 Å². The van der Waals surface area contributed by atoms with Crippen molar-refractivity contribution in [2.45, 2.75) is 27.3 Å². The second kappa shape index (κ2) is 7.25. The number of amides is 1. The highest BCUT2D eigenvalue weighted by Gasteiger charge is 2.17. The number of benzene rings is 1. The summed E-state index contributed by atoms with van der Waals surface area (Å²) in [6.45, 7) is 6.78. The Kier molecular flexibility index (Phi) is 5.03. The summed E-state index contributed by atoms with van der Waals surface area (Å²) < 4.78 is 2.71. The van der Waals surface area contributed by atoms with Gasteiger partial charge in [0.15, 0.2) is 11.2 Å². The predicted molar refractivity (Wildman–Crippen MR) is 98.6 cm³/mol. The number of rotatable bonds is 5. The Bertz CT molecular complexity index is 1020. The molecule has 0 spiro atoms. The Labute approximate surface area is 155 Å². The van der Waals surface area contributed by atoms with E-state index in [4.69, 9.17) is 11.6 Å². The first-order chi connectivity index (χ1) is 12.5. The number of aromatic nitrogens is 5. The second-order valence-electron chi connectivity index (χ2n) is 5.85. The Morgan fingerprint density at radius 1 is 1.27 bits per heavy atom. The van der Waals surface area contributed by atoms with Crippen molar-refractivity contribution in [3.63, 3.8) is 0 Å². The van der Waals surface area contributed by atoms with Crippen molar-refractivity contribution < 1.29 is 4.79 Å². The topological polar surface area (TPSA) is 85.9 Å². The normalized spacial score (nSPS) is 11.1. The lowest BCUT2D eigenvalue weighted by Crippen LogP contribution is -2.36. The molecule has 0 radical (unpaired) electrons. The first-order valence-corrected chi connectivity index (χ1v) is 8.69. The third kappa shape index (κ3) is 3.20. The molecule has 0 saturated heterocycles. The number of halogens is 1. The zero-order valence-corrected chi connectivity index (χ0v) is 15.6. The van der Waals surface area contributed by atoms with Crippen molar-refractivity contribution in [3.8, 4) is 5.69 Å². The Hall–Kier alpha value is -2.74. The van der Waals surface area contributed by atoms with Gasteiger partial charge in [-0.3, -0.25) is 14.2 Å². The van der Waals surface area contributed by atoms with Gasteiger partial charge in [-0.1, -0.05) is 22.9 Å². The van der Waals surface area contributed by atoms with E-state index in [0.717, 1.165) is 5.56 Å². The molecular formula is C17H19ClN6O2. The van der Waals surface area contributed by atoms with Gasteiger partial charge in [-0.25, -0.2) is 4.98 Å². The van der Waals surface area contributed by atoms with E-state index in [-0.39, 0.29) is 18.0 Å². The van der Waals surface area contributed by atoms with E-state index in [1.165, 1.54) is 15.6 Å². The lowest BCUT2D eigenvalue weighted by Gasteiger charge is -2.18. The molecule has 0 aliphatic rings. The van der Waals surface area contributed by atoms with E-state index in [2.05, 4.69) is 15.3 Å². The van der Waals surface area contributed by atoms with E-state index in [1.54, 1.807) is 11.0 Å². The van der Waals surface area contributed by atoms with Crippen LogP contribution in [0.2, 0.25) is 5.02 Å². The summed E-state index contributed by atoms with van der Waals surface area (Å²) in [4.78, 5) is 30.8. The van der Waals surface area contributed by atoms with Crippen LogP contribution in [-0.2, 0) is 11.3 Å². The molecule has 8 nitrogen and oxygen atoms in total. The molecule has 0 saturated carbocycles. The molecule has 0 aliphatic heterocycles. The third-order valence-electron chi connectivity index (χ3n) is 4.25. The lowest BCUT2D eigenvalue weighted by atomic mass is 10.2. The monoisotopic (exact) mass is 374 g/mol. The van der Waals surface area contributed by atoms with Crippen LogP contribution in [0.5, 0.6) is 0 Å². The number of aryl methyl sites for hydroxylation is 1. The molecule has 2 heterocycles. The fraction of sp³-hybridized carbons (Fsp3) is 0.353. The van der Waals surface area contributed by atoms with E-state index >= 15 is 0 Å². The number of hydrogen-bond acceptors (Lipinski definition) is 5. The zero-order valence-electron chi connectivity index (χ0n) is 14.8. The fourth-order valence-corrected chi connectivity index (χ4v) is 2.84. The number of carbonyl (C=O) groups is 1. The molecule has 1 amide bonds. The van der Waals surface area contributed by atoms with Crippen LogP contribution in [0, 0.1) is 6.92 Å². The number of nitrogens with zero attached hydrogens (tertiary/aromatic N) is 6. The molecule has 0 fully saturated rings. The first kappa shape index (κ1) is 18.1. The van der Waals surface area contributed by atoms with Crippen molar-refractivity contribution in [2.75, 3.05) is 13.1 Å². The Morgan fingerprint density at radius 3 is 2.65 bits per heavy atom. The van der Waals surface area contributed by atoms with Crippen LogP contribution in [0.15, 0.2) is 29.3 Å². The third-order valence-corrected chi connectivity index (χ3v) is 4.66. The molecule has 2 aromatic heterocycles. The minimum absolute atomic E-state index is 0.0767. The molecule has 1 aromatic carbocycles. The van der Waals surface area contributed by atoms with E-state index < -0.39 is 5.56 Å². The van der Waals surface area contributed by atoms with E-state index in [1.807, 2.05) is 32.9 Å². The molecule has 0 N–H and O–H groups in total. The summed E-state index contributed by atoms with van der Waals surface area (Å²) in [7, 11) is 0. The molecule has 9 heteroatoms. The van der Waals surface area contributed by atoms with Gasteiger partial charge >= 0.3 is 0 Å². The molecule has 136 valence electrons. The maximum absolute atomic E-state index is 12.6. The highest BCUT2D eigenvalue weighted by Crippen LogP contribution is 2.20. The standard InChI is InChI=1S/C17H19ClN6O2/c1-4-22(5-2)14(25)9-23-10-19-16-15(17(23)26)20-21-24(16)12-7-6-11(3)13(18)8-12/h6-8,10H,4-5,9H2,1-3H3. The molecule has 3 aromatic rings. The number of hydrogen-bond donors (Lipinski definition) is 0. The average Bonchev–Trinajstić information content (AvgIpc) is 3.05. The van der Waals surface area contributed by atoms with Gasteiger partial charge in [-0.15, -0.1) is 5.10 Å². The number of likely N-dealkylation sites (N-methyl/N-ethyl adjacent to an activating group) is 1. The van der Waals surface area contributed by atoms with E-state index in [0.29, 0.717) is 29.4 Å². The Morgan fingerprint density at radius 2 is 2.00 bits per heavy atom. The predicted octanol–water partition coefficient (Wildman–Crippen LogP) is 1.81. The molecule has 26 heavy (non-hydrogen) atoms. The van der Waals surface area contributed by atoms with Crippen molar-refractivity contribution in [2.24, 2.45) is 0 Å². The summed E-state index contributed by atoms with van der Waals surface area (Å²) >= 11 is 6.16. The minimum Gasteiger partial charge on any atom is -0.342 e. The molecule has 0 unspecified atom stereocenters. The lowest BCUT2D eigenvalue weighted by molar-refractivity contribution is -0.131.